The molecular formula is C20H40N2O2S2. The quantitative estimate of drug-likeness (QED) is 0.222. The maximum atomic E-state index is 12.4. The van der Waals surface area contributed by atoms with E-state index < -0.39 is 5.41 Å². The van der Waals surface area contributed by atoms with Gasteiger partial charge in [-0.1, -0.05) is 99.6 Å². The van der Waals surface area contributed by atoms with Crippen LogP contribution in [0.15, 0.2) is 0 Å². The third-order valence-corrected chi connectivity index (χ3v) is 7.45. The van der Waals surface area contributed by atoms with Gasteiger partial charge in [-0.3, -0.25) is 9.59 Å². The molecule has 0 rings (SSSR count). The molecule has 0 saturated heterocycles. The van der Waals surface area contributed by atoms with Crippen molar-refractivity contribution in [2.45, 2.75) is 97.3 Å². The summed E-state index contributed by atoms with van der Waals surface area (Å²) in [6.07, 6.45) is 14.1. The molecule has 0 aromatic rings. The van der Waals surface area contributed by atoms with E-state index in [0.717, 1.165) is 31.4 Å². The summed E-state index contributed by atoms with van der Waals surface area (Å²) >= 11 is 0. The lowest BCUT2D eigenvalue weighted by molar-refractivity contribution is -0.127. The van der Waals surface area contributed by atoms with Crippen LogP contribution in [-0.2, 0) is 9.59 Å². The third-order valence-electron chi connectivity index (χ3n) is 4.89. The third kappa shape index (κ3) is 12.9. The number of primary amides is 2. The number of nitrogens with two attached hydrogens (primary N) is 2. The second kappa shape index (κ2) is 16.8. The van der Waals surface area contributed by atoms with Gasteiger partial charge in [0, 0.05) is 17.9 Å². The number of hydrogen-bond acceptors (Lipinski definition) is 4. The highest BCUT2D eigenvalue weighted by Crippen LogP contribution is 2.39. The molecule has 2 amide bonds. The molecule has 0 fully saturated rings. The Bertz CT molecular complexity index is 365. The Labute approximate surface area is 168 Å². The predicted octanol–water partition coefficient (Wildman–Crippen LogP) is 5.44. The van der Waals surface area contributed by atoms with Crippen molar-refractivity contribution in [3.63, 3.8) is 0 Å². The molecule has 0 radical (unpaired) electrons. The van der Waals surface area contributed by atoms with E-state index in [9.17, 15) is 9.59 Å². The molecule has 0 aliphatic carbocycles. The summed E-state index contributed by atoms with van der Waals surface area (Å²) < 4.78 is 0. The SMILES string of the molecule is CCCCCCCC(CCCCCCC)(CSSCCC(N)=O)C(N)=O. The summed E-state index contributed by atoms with van der Waals surface area (Å²) in [5.74, 6) is 1.02. The van der Waals surface area contributed by atoms with Gasteiger partial charge in [-0.25, -0.2) is 0 Å². The Morgan fingerprint density at radius 3 is 1.69 bits per heavy atom. The molecule has 0 unspecified atom stereocenters. The number of rotatable bonds is 19. The van der Waals surface area contributed by atoms with Crippen LogP contribution in [0.3, 0.4) is 0 Å². The van der Waals surface area contributed by atoms with Crippen LogP contribution in [0.2, 0.25) is 0 Å². The zero-order valence-electron chi connectivity index (χ0n) is 16.9. The molecule has 0 aromatic heterocycles. The van der Waals surface area contributed by atoms with E-state index in [1.165, 1.54) is 51.4 Å². The number of carbonyl (C=O) groups excluding carboxylic acids is 2. The van der Waals surface area contributed by atoms with Crippen LogP contribution in [0.5, 0.6) is 0 Å². The second-order valence-electron chi connectivity index (χ2n) is 7.27. The van der Waals surface area contributed by atoms with E-state index >= 15 is 0 Å². The van der Waals surface area contributed by atoms with Crippen LogP contribution in [0.4, 0.5) is 0 Å². The molecule has 26 heavy (non-hydrogen) atoms. The minimum absolute atomic E-state index is 0.147. The average molecular weight is 405 g/mol. The number of amides is 2. The summed E-state index contributed by atoms with van der Waals surface area (Å²) in [4.78, 5) is 23.2. The first-order valence-corrected chi connectivity index (χ1v) is 12.8. The highest BCUT2D eigenvalue weighted by Gasteiger charge is 2.35. The monoisotopic (exact) mass is 404 g/mol. The van der Waals surface area contributed by atoms with Crippen molar-refractivity contribution in [2.75, 3.05) is 11.5 Å². The van der Waals surface area contributed by atoms with Gasteiger partial charge in [-0.2, -0.15) is 0 Å². The van der Waals surface area contributed by atoms with Crippen LogP contribution in [0.1, 0.15) is 97.3 Å². The summed E-state index contributed by atoms with van der Waals surface area (Å²) in [6.45, 7) is 4.42. The summed E-state index contributed by atoms with van der Waals surface area (Å²) in [6, 6.07) is 0. The van der Waals surface area contributed by atoms with E-state index in [2.05, 4.69) is 13.8 Å². The first kappa shape index (κ1) is 25.6. The lowest BCUT2D eigenvalue weighted by Crippen LogP contribution is -2.39. The molecule has 0 aromatic carbocycles. The lowest BCUT2D eigenvalue weighted by Gasteiger charge is -2.30. The Morgan fingerprint density at radius 2 is 1.27 bits per heavy atom. The largest absolute Gasteiger partial charge is 0.370 e. The minimum atomic E-state index is -0.400. The molecule has 0 spiro atoms. The molecular weight excluding hydrogens is 364 g/mol. The van der Waals surface area contributed by atoms with Gasteiger partial charge >= 0.3 is 0 Å². The van der Waals surface area contributed by atoms with E-state index in [1.807, 2.05) is 0 Å². The number of carbonyl (C=O) groups is 2. The maximum Gasteiger partial charge on any atom is 0.224 e. The first-order valence-electron chi connectivity index (χ1n) is 10.3. The molecule has 0 heterocycles. The number of unbranched alkanes of at least 4 members (excludes halogenated alkanes) is 8. The minimum Gasteiger partial charge on any atom is -0.370 e. The van der Waals surface area contributed by atoms with Gasteiger partial charge in [-0.05, 0) is 12.8 Å². The van der Waals surface area contributed by atoms with Gasteiger partial charge in [0.1, 0.15) is 0 Å². The average Bonchev–Trinajstić information content (AvgIpc) is 2.59. The van der Waals surface area contributed by atoms with Crippen LogP contribution in [-0.4, -0.2) is 23.3 Å². The van der Waals surface area contributed by atoms with Crippen LogP contribution < -0.4 is 11.5 Å². The van der Waals surface area contributed by atoms with Gasteiger partial charge < -0.3 is 11.5 Å². The predicted molar refractivity (Wildman–Crippen MR) is 117 cm³/mol. The van der Waals surface area contributed by atoms with Crippen molar-refractivity contribution in [1.82, 2.24) is 0 Å². The molecule has 0 bridgehead atoms. The van der Waals surface area contributed by atoms with Crippen LogP contribution >= 0.6 is 21.6 Å². The molecule has 0 aliphatic rings. The molecule has 154 valence electrons. The summed E-state index contributed by atoms with van der Waals surface area (Å²) in [7, 11) is 3.30. The molecule has 0 saturated carbocycles. The van der Waals surface area contributed by atoms with Crippen molar-refractivity contribution in [1.29, 1.82) is 0 Å². The van der Waals surface area contributed by atoms with E-state index in [1.54, 1.807) is 21.6 Å². The Kier molecular flexibility index (Phi) is 16.6. The number of hydrogen-bond donors (Lipinski definition) is 2. The second-order valence-corrected chi connectivity index (χ2v) is 9.86. The van der Waals surface area contributed by atoms with E-state index in [-0.39, 0.29) is 11.8 Å². The Hall–Kier alpha value is -0.360. The fourth-order valence-electron chi connectivity index (χ4n) is 3.08. The summed E-state index contributed by atoms with van der Waals surface area (Å²) in [5.41, 5.74) is 10.7. The van der Waals surface area contributed by atoms with Crippen molar-refractivity contribution in [2.24, 2.45) is 16.9 Å². The van der Waals surface area contributed by atoms with Gasteiger partial charge in [0.2, 0.25) is 11.8 Å². The Balaban J connectivity index is 4.54. The van der Waals surface area contributed by atoms with Crippen molar-refractivity contribution in [3.05, 3.63) is 0 Å². The molecule has 4 nitrogen and oxygen atoms in total. The standard InChI is InChI=1S/C20H40N2O2S2/c1-3-5-7-9-11-14-20(19(22)24,15-12-10-8-6-4-2)17-26-25-16-13-18(21)23/h3-17H2,1-2H3,(H2,21,23)(H2,22,24). The summed E-state index contributed by atoms with van der Waals surface area (Å²) in [5, 5.41) is 0. The molecule has 4 N–H and O–H groups in total. The lowest BCUT2D eigenvalue weighted by atomic mass is 9.78. The van der Waals surface area contributed by atoms with Crippen molar-refractivity contribution < 1.29 is 9.59 Å². The van der Waals surface area contributed by atoms with Crippen molar-refractivity contribution in [3.8, 4) is 0 Å². The fraction of sp³-hybridized carbons (Fsp3) is 0.900. The zero-order valence-corrected chi connectivity index (χ0v) is 18.5. The highest BCUT2D eigenvalue weighted by molar-refractivity contribution is 8.76. The smallest absolute Gasteiger partial charge is 0.224 e. The highest BCUT2D eigenvalue weighted by atomic mass is 33.1. The zero-order chi connectivity index (χ0) is 19.7. The van der Waals surface area contributed by atoms with E-state index in [4.69, 9.17) is 11.5 Å². The Morgan fingerprint density at radius 1 is 0.769 bits per heavy atom. The van der Waals surface area contributed by atoms with Crippen LogP contribution in [0.25, 0.3) is 0 Å². The molecule has 0 aliphatic heterocycles. The fourth-order valence-corrected chi connectivity index (χ4v) is 5.75. The van der Waals surface area contributed by atoms with E-state index in [0.29, 0.717) is 12.2 Å². The van der Waals surface area contributed by atoms with Crippen molar-refractivity contribution >= 4 is 33.4 Å². The normalized spacial score (nSPS) is 11.6. The first-order chi connectivity index (χ1) is 12.5. The molecule has 0 atom stereocenters. The molecule has 6 heteroatoms. The van der Waals surface area contributed by atoms with Gasteiger partial charge in [0.15, 0.2) is 0 Å². The maximum absolute atomic E-state index is 12.4. The van der Waals surface area contributed by atoms with Gasteiger partial charge in [0.25, 0.3) is 0 Å². The van der Waals surface area contributed by atoms with Gasteiger partial charge in [-0.15, -0.1) is 0 Å². The van der Waals surface area contributed by atoms with Gasteiger partial charge in [0.05, 0.1) is 5.41 Å². The topological polar surface area (TPSA) is 86.2 Å². The van der Waals surface area contributed by atoms with Crippen LogP contribution in [0, 0.1) is 5.41 Å².